The highest BCUT2D eigenvalue weighted by molar-refractivity contribution is 7.22. The minimum Gasteiger partial charge on any atom is -0.347 e. The Balaban J connectivity index is 1.79. The summed E-state index contributed by atoms with van der Waals surface area (Å²) in [5.41, 5.74) is 3.18. The first-order chi connectivity index (χ1) is 10.2. The molecule has 1 unspecified atom stereocenters. The van der Waals surface area contributed by atoms with Crippen LogP contribution in [0.15, 0.2) is 18.2 Å². The lowest BCUT2D eigenvalue weighted by atomic mass is 9.98. The number of hydrogen-bond acceptors (Lipinski definition) is 5. The molecule has 1 aliphatic rings. The molecule has 112 valence electrons. The Labute approximate surface area is 125 Å². The molecular weight excluding hydrogens is 293 g/mol. The van der Waals surface area contributed by atoms with Crippen LogP contribution in [-0.4, -0.2) is 31.1 Å². The Hall–Kier alpha value is -1.73. The van der Waals surface area contributed by atoms with E-state index in [1.165, 1.54) is 30.6 Å². The Morgan fingerprint density at radius 1 is 1.57 bits per heavy atom. The summed E-state index contributed by atoms with van der Waals surface area (Å²) in [7, 11) is 1.43. The van der Waals surface area contributed by atoms with Gasteiger partial charge in [0.15, 0.2) is 5.13 Å². The number of amides is 1. The van der Waals surface area contributed by atoms with Gasteiger partial charge in [-0.15, -0.1) is 0 Å². The van der Waals surface area contributed by atoms with Gasteiger partial charge in [0.25, 0.3) is 0 Å². The van der Waals surface area contributed by atoms with Crippen molar-refractivity contribution in [3.63, 3.8) is 0 Å². The van der Waals surface area contributed by atoms with Crippen LogP contribution in [0.1, 0.15) is 12.8 Å². The third-order valence-corrected chi connectivity index (χ3v) is 4.68. The molecule has 2 aromatic rings. The average Bonchev–Trinajstić information content (AvgIpc) is 2.90. The number of benzene rings is 1. The number of halogens is 1. The van der Waals surface area contributed by atoms with Crippen molar-refractivity contribution in [1.29, 1.82) is 0 Å². The molecular formula is C14H16FN3O2S. The maximum Gasteiger partial charge on any atom is 0.248 e. The molecule has 1 aliphatic heterocycles. The smallest absolute Gasteiger partial charge is 0.248 e. The first-order valence-electron chi connectivity index (χ1n) is 6.81. The lowest BCUT2D eigenvalue weighted by molar-refractivity contribution is -0.135. The Bertz CT molecular complexity index is 661. The molecule has 1 N–H and O–H groups in total. The van der Waals surface area contributed by atoms with Gasteiger partial charge >= 0.3 is 0 Å². The van der Waals surface area contributed by atoms with Crippen molar-refractivity contribution in [1.82, 2.24) is 10.5 Å². The van der Waals surface area contributed by atoms with E-state index < -0.39 is 0 Å². The number of rotatable bonds is 3. The molecule has 1 saturated heterocycles. The number of fused-ring (bicyclic) bond motifs is 1. The van der Waals surface area contributed by atoms with Gasteiger partial charge in [-0.3, -0.25) is 9.63 Å². The van der Waals surface area contributed by atoms with Crippen LogP contribution >= 0.6 is 11.3 Å². The van der Waals surface area contributed by atoms with Crippen LogP contribution in [0, 0.1) is 11.7 Å². The predicted octanol–water partition coefficient (Wildman–Crippen LogP) is 2.33. The number of hydroxylamine groups is 1. The molecule has 7 heteroatoms. The number of nitrogens with one attached hydrogen (secondary N) is 1. The van der Waals surface area contributed by atoms with Crippen molar-refractivity contribution in [2.45, 2.75) is 12.8 Å². The summed E-state index contributed by atoms with van der Waals surface area (Å²) >= 11 is 1.46. The maximum absolute atomic E-state index is 13.2. The van der Waals surface area contributed by atoms with E-state index in [1.54, 1.807) is 6.07 Å². The highest BCUT2D eigenvalue weighted by Gasteiger charge is 2.27. The van der Waals surface area contributed by atoms with Gasteiger partial charge in [0, 0.05) is 13.1 Å². The van der Waals surface area contributed by atoms with Crippen LogP contribution in [0.2, 0.25) is 0 Å². The number of anilines is 1. The second-order valence-electron chi connectivity index (χ2n) is 5.06. The second-order valence-corrected chi connectivity index (χ2v) is 6.07. The molecule has 0 spiro atoms. The summed E-state index contributed by atoms with van der Waals surface area (Å²) in [6, 6.07) is 4.59. The van der Waals surface area contributed by atoms with Gasteiger partial charge in [0.05, 0.1) is 23.2 Å². The van der Waals surface area contributed by atoms with Crippen molar-refractivity contribution in [2.75, 3.05) is 25.1 Å². The first-order valence-corrected chi connectivity index (χ1v) is 7.63. The molecule has 0 aliphatic carbocycles. The fourth-order valence-electron chi connectivity index (χ4n) is 2.57. The molecule has 0 bridgehead atoms. The number of carbonyl (C=O) groups excluding carboxylic acids is 1. The lowest BCUT2D eigenvalue weighted by Gasteiger charge is -2.31. The number of aromatic nitrogens is 1. The van der Waals surface area contributed by atoms with Gasteiger partial charge < -0.3 is 4.90 Å². The van der Waals surface area contributed by atoms with Crippen molar-refractivity contribution in [2.24, 2.45) is 5.92 Å². The molecule has 1 atom stereocenters. The van der Waals surface area contributed by atoms with E-state index in [0.29, 0.717) is 6.54 Å². The molecule has 0 saturated carbocycles. The van der Waals surface area contributed by atoms with Crippen LogP contribution in [-0.2, 0) is 9.63 Å². The first kappa shape index (κ1) is 14.2. The zero-order valence-corrected chi connectivity index (χ0v) is 12.5. The minimum atomic E-state index is -0.256. The largest absolute Gasteiger partial charge is 0.347 e. The van der Waals surface area contributed by atoms with Gasteiger partial charge in [0.1, 0.15) is 5.82 Å². The van der Waals surface area contributed by atoms with Crippen molar-refractivity contribution in [3.8, 4) is 0 Å². The molecule has 1 fully saturated rings. The van der Waals surface area contributed by atoms with Crippen molar-refractivity contribution in [3.05, 3.63) is 24.0 Å². The molecule has 21 heavy (non-hydrogen) atoms. The summed E-state index contributed by atoms with van der Waals surface area (Å²) in [5.74, 6) is -0.467. The fourth-order valence-corrected chi connectivity index (χ4v) is 3.60. The van der Waals surface area contributed by atoms with Gasteiger partial charge in [-0.25, -0.2) is 14.9 Å². The van der Waals surface area contributed by atoms with Crippen molar-refractivity contribution < 1.29 is 14.0 Å². The van der Waals surface area contributed by atoms with Gasteiger partial charge in [-0.1, -0.05) is 11.3 Å². The van der Waals surface area contributed by atoms with Gasteiger partial charge in [-0.05, 0) is 31.0 Å². The topological polar surface area (TPSA) is 54.5 Å². The zero-order chi connectivity index (χ0) is 14.8. The zero-order valence-electron chi connectivity index (χ0n) is 11.6. The third kappa shape index (κ3) is 2.98. The SMILES string of the molecule is CONC(=O)C1CCCN(c2nc3ccc(F)cc3s2)C1. The van der Waals surface area contributed by atoms with Gasteiger partial charge in [0.2, 0.25) is 5.91 Å². The number of carbonyl (C=O) groups is 1. The van der Waals surface area contributed by atoms with E-state index in [1.807, 2.05) is 0 Å². The van der Waals surface area contributed by atoms with E-state index in [0.717, 1.165) is 34.7 Å². The summed E-state index contributed by atoms with van der Waals surface area (Å²) in [5, 5.41) is 0.838. The van der Waals surface area contributed by atoms with Crippen LogP contribution in [0.4, 0.5) is 9.52 Å². The number of thiazole rings is 1. The quantitative estimate of drug-likeness (QED) is 0.884. The van der Waals surface area contributed by atoms with Crippen LogP contribution in [0.25, 0.3) is 10.2 Å². The Morgan fingerprint density at radius 3 is 3.24 bits per heavy atom. The standard InChI is InChI=1S/C14H16FN3O2S/c1-20-17-13(19)9-3-2-6-18(8-9)14-16-11-5-4-10(15)7-12(11)21-14/h4-5,7,9H,2-3,6,8H2,1H3,(H,17,19). The van der Waals surface area contributed by atoms with E-state index >= 15 is 0 Å². The highest BCUT2D eigenvalue weighted by atomic mass is 32.1. The summed E-state index contributed by atoms with van der Waals surface area (Å²) in [4.78, 5) is 23.2. The third-order valence-electron chi connectivity index (χ3n) is 3.60. The monoisotopic (exact) mass is 309 g/mol. The van der Waals surface area contributed by atoms with Crippen LogP contribution in [0.3, 0.4) is 0 Å². The summed E-state index contributed by atoms with van der Waals surface area (Å²) < 4.78 is 14.1. The van der Waals surface area contributed by atoms with E-state index in [-0.39, 0.29) is 17.6 Å². The molecule has 1 aromatic carbocycles. The Morgan fingerprint density at radius 2 is 2.43 bits per heavy atom. The van der Waals surface area contributed by atoms with E-state index in [2.05, 4.69) is 20.2 Å². The number of nitrogens with zero attached hydrogens (tertiary/aromatic N) is 2. The lowest BCUT2D eigenvalue weighted by Crippen LogP contribution is -2.42. The summed E-state index contributed by atoms with van der Waals surface area (Å²) in [6.45, 7) is 1.47. The molecule has 1 amide bonds. The molecule has 0 radical (unpaired) electrons. The normalized spacial score (nSPS) is 19.0. The maximum atomic E-state index is 13.2. The molecule has 3 rings (SSSR count). The molecule has 2 heterocycles. The average molecular weight is 309 g/mol. The van der Waals surface area contributed by atoms with E-state index in [4.69, 9.17) is 0 Å². The number of hydrogen-bond donors (Lipinski definition) is 1. The van der Waals surface area contributed by atoms with Crippen LogP contribution < -0.4 is 10.4 Å². The number of piperidine rings is 1. The summed E-state index contributed by atoms with van der Waals surface area (Å²) in [6.07, 6.45) is 1.76. The highest BCUT2D eigenvalue weighted by Crippen LogP contribution is 2.31. The van der Waals surface area contributed by atoms with Gasteiger partial charge in [-0.2, -0.15) is 0 Å². The second kappa shape index (κ2) is 5.95. The molecule has 5 nitrogen and oxygen atoms in total. The Kier molecular flexibility index (Phi) is 4.03. The van der Waals surface area contributed by atoms with Crippen molar-refractivity contribution >= 4 is 32.6 Å². The molecule has 1 aromatic heterocycles. The predicted molar refractivity (Wildman–Crippen MR) is 79.7 cm³/mol. The fraction of sp³-hybridized carbons (Fsp3) is 0.429. The van der Waals surface area contributed by atoms with E-state index in [9.17, 15) is 9.18 Å². The minimum absolute atomic E-state index is 0.102. The van der Waals surface area contributed by atoms with Crippen LogP contribution in [0.5, 0.6) is 0 Å².